The van der Waals surface area contributed by atoms with Gasteiger partial charge in [0.05, 0.1) is 0 Å². The Morgan fingerprint density at radius 2 is 1.93 bits per heavy atom. The maximum absolute atomic E-state index is 10.9. The Balaban J connectivity index is 2.24. The molecule has 0 heterocycles. The maximum atomic E-state index is 10.9. The molecule has 1 aliphatic rings. The topological polar surface area (TPSA) is 17.1 Å². The molecule has 0 aromatic rings. The molecule has 0 saturated heterocycles. The van der Waals surface area contributed by atoms with Gasteiger partial charge in [0.2, 0.25) is 0 Å². The molecule has 14 heavy (non-hydrogen) atoms. The normalized spacial score (nSPS) is 27.3. The monoisotopic (exact) mass is 212 g/mol. The van der Waals surface area contributed by atoms with Crippen molar-refractivity contribution >= 4 is 18.4 Å². The number of thiol groups is 1. The molecule has 0 atom stereocenters. The van der Waals surface area contributed by atoms with Gasteiger partial charge in [-0.1, -0.05) is 12.2 Å². The van der Waals surface area contributed by atoms with Crippen LogP contribution < -0.4 is 0 Å². The van der Waals surface area contributed by atoms with Crippen LogP contribution >= 0.6 is 12.6 Å². The van der Waals surface area contributed by atoms with E-state index in [0.717, 1.165) is 17.9 Å². The number of hydrogen-bond acceptors (Lipinski definition) is 2. The summed E-state index contributed by atoms with van der Waals surface area (Å²) in [6, 6.07) is 0. The maximum Gasteiger partial charge on any atom is 0.133 e. The summed E-state index contributed by atoms with van der Waals surface area (Å²) in [5.41, 5.74) is 1.11. The largest absolute Gasteiger partial charge is 0.300 e. The summed E-state index contributed by atoms with van der Waals surface area (Å²) in [5, 5.41) is 0.604. The Labute approximate surface area is 92.4 Å². The van der Waals surface area contributed by atoms with Crippen molar-refractivity contribution in [3.63, 3.8) is 0 Å². The van der Waals surface area contributed by atoms with E-state index in [1.807, 2.05) is 0 Å². The van der Waals surface area contributed by atoms with Crippen molar-refractivity contribution in [2.45, 2.75) is 50.7 Å². The van der Waals surface area contributed by atoms with Gasteiger partial charge < -0.3 is 0 Å². The van der Waals surface area contributed by atoms with E-state index in [0.29, 0.717) is 11.7 Å². The van der Waals surface area contributed by atoms with E-state index >= 15 is 0 Å². The lowest BCUT2D eigenvalue weighted by Crippen LogP contribution is -2.15. The number of ketones is 1. The van der Waals surface area contributed by atoms with Crippen molar-refractivity contribution in [1.29, 1.82) is 0 Å². The second kappa shape index (κ2) is 5.59. The van der Waals surface area contributed by atoms with Gasteiger partial charge in [-0.25, -0.2) is 0 Å². The molecule has 0 aromatic heterocycles. The molecule has 1 fully saturated rings. The second-order valence-corrected chi connectivity index (χ2v) is 5.24. The van der Waals surface area contributed by atoms with Crippen molar-refractivity contribution in [3.8, 4) is 0 Å². The lowest BCUT2D eigenvalue weighted by atomic mass is 9.84. The van der Waals surface area contributed by atoms with Crippen molar-refractivity contribution in [2.24, 2.45) is 5.92 Å². The third-order valence-corrected chi connectivity index (χ3v) is 3.41. The van der Waals surface area contributed by atoms with E-state index in [4.69, 9.17) is 0 Å². The molecule has 80 valence electrons. The van der Waals surface area contributed by atoms with E-state index < -0.39 is 0 Å². The van der Waals surface area contributed by atoms with Gasteiger partial charge in [-0.2, -0.15) is 12.6 Å². The smallest absolute Gasteiger partial charge is 0.133 e. The number of Topliss-reactive ketones (excluding diaryl/α,β-unsaturated/α-hetero) is 1. The fourth-order valence-corrected chi connectivity index (χ4v) is 2.48. The second-order valence-electron chi connectivity index (χ2n) is 4.51. The predicted molar refractivity (Wildman–Crippen MR) is 63.8 cm³/mol. The summed E-state index contributed by atoms with van der Waals surface area (Å²) < 4.78 is 0. The van der Waals surface area contributed by atoms with Crippen LogP contribution in [0.1, 0.15) is 45.4 Å². The zero-order valence-corrected chi connectivity index (χ0v) is 9.85. The van der Waals surface area contributed by atoms with Gasteiger partial charge in [-0.3, -0.25) is 4.79 Å². The first kappa shape index (κ1) is 11.8. The van der Waals surface area contributed by atoms with Crippen molar-refractivity contribution in [2.75, 3.05) is 0 Å². The molecule has 0 unspecified atom stereocenters. The summed E-state index contributed by atoms with van der Waals surface area (Å²) >= 11 is 4.47. The van der Waals surface area contributed by atoms with Gasteiger partial charge >= 0.3 is 0 Å². The molecule has 0 aromatic carbocycles. The summed E-state index contributed by atoms with van der Waals surface area (Å²) in [6.07, 6.45) is 6.57. The Hall–Kier alpha value is -0.240. The number of allylic oxidation sites excluding steroid dienone is 1. The molecule has 0 amide bonds. The lowest BCUT2D eigenvalue weighted by molar-refractivity contribution is -0.116. The molecular formula is C12H20OS. The van der Waals surface area contributed by atoms with Crippen LogP contribution in [0.4, 0.5) is 0 Å². The van der Waals surface area contributed by atoms with Crippen molar-refractivity contribution in [3.05, 3.63) is 12.2 Å². The number of carbonyl (C=O) groups excluding carboxylic acids is 1. The lowest BCUT2D eigenvalue weighted by Gasteiger charge is -2.26. The van der Waals surface area contributed by atoms with Crippen LogP contribution in [0.3, 0.4) is 0 Å². The molecule has 0 N–H and O–H groups in total. The summed E-state index contributed by atoms with van der Waals surface area (Å²) in [6.45, 7) is 5.60. The Bertz CT molecular complexity index is 214. The highest BCUT2D eigenvalue weighted by Gasteiger charge is 2.19. The van der Waals surface area contributed by atoms with Gasteiger partial charge in [-0.15, -0.1) is 0 Å². The highest BCUT2D eigenvalue weighted by atomic mass is 32.1. The summed E-state index contributed by atoms with van der Waals surface area (Å²) in [4.78, 5) is 10.9. The SMILES string of the molecule is C=C(CC(C)=O)CC1CCC(S)CC1. The minimum absolute atomic E-state index is 0.234. The zero-order valence-electron chi connectivity index (χ0n) is 8.96. The molecule has 1 rings (SSSR count). The van der Waals surface area contributed by atoms with Crippen molar-refractivity contribution in [1.82, 2.24) is 0 Å². The molecular weight excluding hydrogens is 192 g/mol. The quantitative estimate of drug-likeness (QED) is 0.558. The molecule has 0 spiro atoms. The van der Waals surface area contributed by atoms with Crippen molar-refractivity contribution < 1.29 is 4.79 Å². The first-order valence-electron chi connectivity index (χ1n) is 5.42. The van der Waals surface area contributed by atoms with Crippen LogP contribution in [0.25, 0.3) is 0 Å². The summed E-state index contributed by atoms with van der Waals surface area (Å²) in [7, 11) is 0. The molecule has 1 nitrogen and oxygen atoms in total. The van der Waals surface area contributed by atoms with Gasteiger partial charge in [0.25, 0.3) is 0 Å². The van der Waals surface area contributed by atoms with Gasteiger partial charge in [0, 0.05) is 11.7 Å². The third-order valence-electron chi connectivity index (χ3n) is 2.89. The predicted octanol–water partition coefficient (Wildman–Crippen LogP) is 3.40. The molecule has 1 aliphatic carbocycles. The Morgan fingerprint density at radius 1 is 1.36 bits per heavy atom. The molecule has 0 aliphatic heterocycles. The first-order chi connectivity index (χ1) is 6.58. The average Bonchev–Trinajstić information content (AvgIpc) is 2.07. The van der Waals surface area contributed by atoms with Gasteiger partial charge in [0.15, 0.2) is 0 Å². The Morgan fingerprint density at radius 3 is 2.43 bits per heavy atom. The highest BCUT2D eigenvalue weighted by Crippen LogP contribution is 2.31. The highest BCUT2D eigenvalue weighted by molar-refractivity contribution is 7.80. The standard InChI is InChI=1S/C12H20OS/c1-9(7-10(2)13)8-11-3-5-12(14)6-4-11/h11-12,14H,1,3-8H2,2H3. The first-order valence-corrected chi connectivity index (χ1v) is 5.93. The number of carbonyl (C=O) groups is 1. The fraction of sp³-hybridized carbons (Fsp3) is 0.750. The number of rotatable bonds is 4. The van der Waals surface area contributed by atoms with Crippen LogP contribution in [-0.4, -0.2) is 11.0 Å². The molecule has 0 radical (unpaired) electrons. The average molecular weight is 212 g/mol. The van der Waals surface area contributed by atoms with Crippen LogP contribution in [0.2, 0.25) is 0 Å². The van der Waals surface area contributed by atoms with Crippen LogP contribution in [0, 0.1) is 5.92 Å². The Kier molecular flexibility index (Phi) is 4.73. The molecule has 2 heteroatoms. The van der Waals surface area contributed by atoms with Crippen LogP contribution in [0.5, 0.6) is 0 Å². The summed E-state index contributed by atoms with van der Waals surface area (Å²) in [5.74, 6) is 0.989. The zero-order chi connectivity index (χ0) is 10.6. The minimum Gasteiger partial charge on any atom is -0.300 e. The van der Waals surface area contributed by atoms with E-state index in [1.165, 1.54) is 25.7 Å². The third kappa shape index (κ3) is 4.32. The van der Waals surface area contributed by atoms with Gasteiger partial charge in [0.1, 0.15) is 5.78 Å². The number of hydrogen-bond donors (Lipinski definition) is 1. The van der Waals surface area contributed by atoms with E-state index in [9.17, 15) is 4.79 Å². The minimum atomic E-state index is 0.234. The molecule has 0 bridgehead atoms. The fourth-order valence-electron chi connectivity index (χ4n) is 2.18. The molecule has 1 saturated carbocycles. The van der Waals surface area contributed by atoms with Gasteiger partial charge in [-0.05, 0) is 44.9 Å². The van der Waals surface area contributed by atoms with E-state index in [2.05, 4.69) is 19.2 Å². The van der Waals surface area contributed by atoms with Crippen LogP contribution in [0.15, 0.2) is 12.2 Å². The van der Waals surface area contributed by atoms with E-state index in [1.54, 1.807) is 6.92 Å². The van der Waals surface area contributed by atoms with E-state index in [-0.39, 0.29) is 5.78 Å². The van der Waals surface area contributed by atoms with Crippen LogP contribution in [-0.2, 0) is 4.79 Å².